The number of benzene rings is 2. The summed E-state index contributed by atoms with van der Waals surface area (Å²) in [4.78, 5) is 0. The van der Waals surface area contributed by atoms with Crippen LogP contribution < -0.4 is 28.4 Å². The van der Waals surface area contributed by atoms with Gasteiger partial charge in [-0.3, -0.25) is 0 Å². The fourth-order valence-electron chi connectivity index (χ4n) is 2.03. The number of rotatable bonds is 3. The SMILES string of the molecule is [B]c1ccc(CCc2ccc(N)cc2N)c(N)c1N. The van der Waals surface area contributed by atoms with Crippen LogP contribution in [0.3, 0.4) is 0 Å². The van der Waals surface area contributed by atoms with Gasteiger partial charge >= 0.3 is 0 Å². The van der Waals surface area contributed by atoms with Crippen LogP contribution in [0.2, 0.25) is 0 Å². The average molecular weight is 252 g/mol. The third kappa shape index (κ3) is 2.76. The molecule has 2 aromatic rings. The predicted molar refractivity (Wildman–Crippen MR) is 83.3 cm³/mol. The third-order valence-electron chi connectivity index (χ3n) is 3.24. The Hall–Kier alpha value is -2.30. The van der Waals surface area contributed by atoms with Gasteiger partial charge in [0.15, 0.2) is 0 Å². The van der Waals surface area contributed by atoms with E-state index in [1.807, 2.05) is 18.2 Å². The van der Waals surface area contributed by atoms with E-state index in [9.17, 15) is 0 Å². The molecule has 2 aromatic carbocycles. The fraction of sp³-hybridized carbons (Fsp3) is 0.143. The number of hydrogen-bond acceptors (Lipinski definition) is 4. The van der Waals surface area contributed by atoms with Crippen LogP contribution in [-0.4, -0.2) is 7.85 Å². The maximum Gasteiger partial charge on any atom is 0.116 e. The van der Waals surface area contributed by atoms with Gasteiger partial charge in [0, 0.05) is 17.1 Å². The molecule has 0 aromatic heterocycles. The van der Waals surface area contributed by atoms with E-state index in [0.717, 1.165) is 24.0 Å². The minimum atomic E-state index is 0.447. The van der Waals surface area contributed by atoms with Crippen molar-refractivity contribution in [1.82, 2.24) is 0 Å². The molecule has 0 spiro atoms. The van der Waals surface area contributed by atoms with Gasteiger partial charge in [0.1, 0.15) is 7.85 Å². The van der Waals surface area contributed by atoms with Crippen LogP contribution in [-0.2, 0) is 12.8 Å². The Morgan fingerprint density at radius 2 is 1.42 bits per heavy atom. The van der Waals surface area contributed by atoms with Crippen molar-refractivity contribution < 1.29 is 0 Å². The molecule has 0 aliphatic heterocycles. The molecule has 19 heavy (non-hydrogen) atoms. The number of anilines is 4. The molecule has 96 valence electrons. The Kier molecular flexibility index (Phi) is 3.56. The predicted octanol–water partition coefficient (Wildman–Crippen LogP) is 0.594. The second kappa shape index (κ2) is 5.14. The van der Waals surface area contributed by atoms with Gasteiger partial charge in [-0.25, -0.2) is 0 Å². The normalized spacial score (nSPS) is 10.5. The Morgan fingerprint density at radius 1 is 0.789 bits per heavy atom. The first-order chi connectivity index (χ1) is 8.99. The molecule has 0 aliphatic carbocycles. The van der Waals surface area contributed by atoms with Crippen molar-refractivity contribution in [3.05, 3.63) is 41.5 Å². The van der Waals surface area contributed by atoms with E-state index in [-0.39, 0.29) is 0 Å². The summed E-state index contributed by atoms with van der Waals surface area (Å²) in [6.45, 7) is 0. The lowest BCUT2D eigenvalue weighted by Crippen LogP contribution is -2.14. The Morgan fingerprint density at radius 3 is 2.11 bits per heavy atom. The van der Waals surface area contributed by atoms with Gasteiger partial charge in [-0.15, -0.1) is 0 Å². The molecule has 2 radical (unpaired) electrons. The lowest BCUT2D eigenvalue weighted by Gasteiger charge is -2.12. The van der Waals surface area contributed by atoms with Crippen LogP contribution in [0.4, 0.5) is 22.7 Å². The van der Waals surface area contributed by atoms with Gasteiger partial charge in [-0.2, -0.15) is 0 Å². The number of aryl methyl sites for hydroxylation is 2. The Labute approximate surface area is 114 Å². The molecule has 0 saturated heterocycles. The molecule has 2 rings (SSSR count). The smallest absolute Gasteiger partial charge is 0.116 e. The van der Waals surface area contributed by atoms with E-state index in [1.165, 1.54) is 0 Å². The molecule has 0 bridgehead atoms. The van der Waals surface area contributed by atoms with Crippen molar-refractivity contribution in [3.63, 3.8) is 0 Å². The Bertz CT molecular complexity index is 611. The molecule has 0 fully saturated rings. The van der Waals surface area contributed by atoms with E-state index in [0.29, 0.717) is 28.2 Å². The quantitative estimate of drug-likeness (QED) is 0.474. The highest BCUT2D eigenvalue weighted by molar-refractivity contribution is 6.36. The fourth-order valence-corrected chi connectivity index (χ4v) is 2.03. The topological polar surface area (TPSA) is 104 Å². The standard InChI is InChI=1S/C14H17BN4/c15-11-6-4-9(13(18)14(11)19)2-1-8-3-5-10(16)7-12(8)17/h3-7H,1-2,16-19H2. The molecule has 0 saturated carbocycles. The first-order valence-corrected chi connectivity index (χ1v) is 6.05. The molecule has 4 nitrogen and oxygen atoms in total. The summed E-state index contributed by atoms with van der Waals surface area (Å²) in [5.41, 5.74) is 28.2. The van der Waals surface area contributed by atoms with Crippen molar-refractivity contribution in [2.75, 3.05) is 22.9 Å². The van der Waals surface area contributed by atoms with Crippen LogP contribution in [0, 0.1) is 0 Å². The summed E-state index contributed by atoms with van der Waals surface area (Å²) >= 11 is 0. The van der Waals surface area contributed by atoms with Crippen molar-refractivity contribution in [2.24, 2.45) is 0 Å². The van der Waals surface area contributed by atoms with Gasteiger partial charge < -0.3 is 22.9 Å². The zero-order valence-corrected chi connectivity index (χ0v) is 10.7. The van der Waals surface area contributed by atoms with Crippen LogP contribution in [0.25, 0.3) is 0 Å². The molecule has 0 aliphatic rings. The first kappa shape index (κ1) is 13.1. The maximum absolute atomic E-state index is 5.95. The summed E-state index contributed by atoms with van der Waals surface area (Å²) in [5, 5.41) is 0. The minimum Gasteiger partial charge on any atom is -0.399 e. The van der Waals surface area contributed by atoms with Crippen molar-refractivity contribution in [2.45, 2.75) is 12.8 Å². The second-order valence-corrected chi connectivity index (χ2v) is 4.60. The largest absolute Gasteiger partial charge is 0.399 e. The number of nitrogens with two attached hydrogens (primary N) is 4. The summed E-state index contributed by atoms with van der Waals surface area (Å²) in [6.07, 6.45) is 1.53. The monoisotopic (exact) mass is 252 g/mol. The maximum atomic E-state index is 5.95. The summed E-state index contributed by atoms with van der Waals surface area (Å²) < 4.78 is 0. The van der Waals surface area contributed by atoms with Crippen LogP contribution in [0.15, 0.2) is 30.3 Å². The van der Waals surface area contributed by atoms with Gasteiger partial charge in [-0.05, 0) is 36.1 Å². The zero-order chi connectivity index (χ0) is 14.0. The highest BCUT2D eigenvalue weighted by Crippen LogP contribution is 2.22. The Balaban J connectivity index is 2.17. The molecule has 0 heterocycles. The summed E-state index contributed by atoms with van der Waals surface area (Å²) in [7, 11) is 5.70. The third-order valence-corrected chi connectivity index (χ3v) is 3.24. The summed E-state index contributed by atoms with van der Waals surface area (Å²) in [6, 6.07) is 9.20. The molecular weight excluding hydrogens is 235 g/mol. The zero-order valence-electron chi connectivity index (χ0n) is 10.7. The average Bonchev–Trinajstić information content (AvgIpc) is 2.37. The molecular formula is C14H17BN4. The van der Waals surface area contributed by atoms with E-state index in [1.54, 1.807) is 12.1 Å². The van der Waals surface area contributed by atoms with Crippen LogP contribution in [0.5, 0.6) is 0 Å². The van der Waals surface area contributed by atoms with E-state index >= 15 is 0 Å². The van der Waals surface area contributed by atoms with Crippen LogP contribution in [0.1, 0.15) is 11.1 Å². The minimum absolute atomic E-state index is 0.447. The molecule has 0 unspecified atom stereocenters. The van der Waals surface area contributed by atoms with Gasteiger partial charge in [-0.1, -0.05) is 23.7 Å². The summed E-state index contributed by atoms with van der Waals surface area (Å²) in [5.74, 6) is 0. The molecule has 0 amide bonds. The highest BCUT2D eigenvalue weighted by Gasteiger charge is 2.06. The molecule has 0 atom stereocenters. The highest BCUT2D eigenvalue weighted by atomic mass is 14.7. The molecule has 8 N–H and O–H groups in total. The van der Waals surface area contributed by atoms with E-state index in [4.69, 9.17) is 30.8 Å². The van der Waals surface area contributed by atoms with Gasteiger partial charge in [0.2, 0.25) is 0 Å². The van der Waals surface area contributed by atoms with E-state index in [2.05, 4.69) is 0 Å². The van der Waals surface area contributed by atoms with Crippen LogP contribution >= 0.6 is 0 Å². The van der Waals surface area contributed by atoms with Gasteiger partial charge in [0.25, 0.3) is 0 Å². The van der Waals surface area contributed by atoms with Gasteiger partial charge in [0.05, 0.1) is 5.69 Å². The second-order valence-electron chi connectivity index (χ2n) is 4.60. The van der Waals surface area contributed by atoms with E-state index < -0.39 is 0 Å². The lowest BCUT2D eigenvalue weighted by atomic mass is 9.90. The molecule has 5 heteroatoms. The first-order valence-electron chi connectivity index (χ1n) is 6.05. The number of hydrogen-bond donors (Lipinski definition) is 4. The number of nitrogen functional groups attached to an aromatic ring is 4. The van der Waals surface area contributed by atoms with Crippen molar-refractivity contribution >= 4 is 36.1 Å². The lowest BCUT2D eigenvalue weighted by molar-refractivity contribution is 0.967. The van der Waals surface area contributed by atoms with Crippen molar-refractivity contribution in [1.29, 1.82) is 0 Å². The van der Waals surface area contributed by atoms with Crippen molar-refractivity contribution in [3.8, 4) is 0 Å².